The smallest absolute Gasteiger partial charge is 0.340 e. The van der Waals surface area contributed by atoms with Crippen LogP contribution in [0, 0.1) is 0 Å². The molecular formula is C22H21ClN2O6S. The van der Waals surface area contributed by atoms with Crippen molar-refractivity contribution in [3.63, 3.8) is 0 Å². The van der Waals surface area contributed by atoms with Gasteiger partial charge >= 0.3 is 5.97 Å². The van der Waals surface area contributed by atoms with Crippen molar-refractivity contribution in [1.82, 2.24) is 9.21 Å². The minimum Gasteiger partial charge on any atom is -0.452 e. The number of carbonyl (C=O) groups excluding carboxylic acids is 3. The van der Waals surface area contributed by atoms with Crippen molar-refractivity contribution in [3.05, 3.63) is 64.2 Å². The van der Waals surface area contributed by atoms with E-state index in [9.17, 15) is 22.8 Å². The first-order valence-corrected chi connectivity index (χ1v) is 12.0. The van der Waals surface area contributed by atoms with Gasteiger partial charge in [0, 0.05) is 26.1 Å². The van der Waals surface area contributed by atoms with Gasteiger partial charge < -0.3 is 4.74 Å². The zero-order chi connectivity index (χ0) is 22.9. The fraction of sp³-hybridized carbons (Fsp3) is 0.318. The van der Waals surface area contributed by atoms with E-state index in [1.165, 1.54) is 16.4 Å². The molecule has 2 heterocycles. The molecule has 8 nitrogen and oxygen atoms in total. The highest BCUT2D eigenvalue weighted by atomic mass is 35.5. The van der Waals surface area contributed by atoms with Gasteiger partial charge in [0.25, 0.3) is 5.91 Å². The highest BCUT2D eigenvalue weighted by Crippen LogP contribution is 2.28. The maximum Gasteiger partial charge on any atom is 0.340 e. The van der Waals surface area contributed by atoms with E-state index in [-0.39, 0.29) is 34.4 Å². The normalized spacial score (nSPS) is 16.7. The molecule has 2 amide bonds. The molecule has 0 saturated carbocycles. The average molecular weight is 477 g/mol. The molecule has 1 saturated heterocycles. The van der Waals surface area contributed by atoms with Gasteiger partial charge in [0.1, 0.15) is 0 Å². The number of likely N-dealkylation sites (tertiary alicyclic amines) is 1. The van der Waals surface area contributed by atoms with E-state index in [4.69, 9.17) is 16.3 Å². The molecule has 2 aromatic carbocycles. The Bertz CT molecular complexity index is 1200. The van der Waals surface area contributed by atoms with E-state index in [0.29, 0.717) is 25.9 Å². The molecule has 0 bridgehead atoms. The van der Waals surface area contributed by atoms with Gasteiger partial charge in [-0.15, -0.1) is 0 Å². The summed E-state index contributed by atoms with van der Waals surface area (Å²) in [6, 6.07) is 11.5. The van der Waals surface area contributed by atoms with Crippen LogP contribution in [0.5, 0.6) is 0 Å². The van der Waals surface area contributed by atoms with Gasteiger partial charge in [-0.25, -0.2) is 13.2 Å². The number of amides is 2. The number of hydrogen-bond acceptors (Lipinski definition) is 6. The van der Waals surface area contributed by atoms with E-state index >= 15 is 0 Å². The van der Waals surface area contributed by atoms with Crippen LogP contribution in [-0.2, 0) is 37.3 Å². The van der Waals surface area contributed by atoms with Crippen LogP contribution in [0.25, 0.3) is 0 Å². The first-order valence-electron chi connectivity index (χ1n) is 10.1. The van der Waals surface area contributed by atoms with Gasteiger partial charge in [-0.05, 0) is 42.2 Å². The number of nitrogens with zero attached hydrogens (tertiary/aromatic N) is 2. The summed E-state index contributed by atoms with van der Waals surface area (Å²) in [7, 11) is -3.88. The fourth-order valence-corrected chi connectivity index (χ4v) is 5.48. The first kappa shape index (κ1) is 22.4. The zero-order valence-electron chi connectivity index (χ0n) is 17.1. The van der Waals surface area contributed by atoms with Crippen molar-refractivity contribution in [2.75, 3.05) is 19.7 Å². The number of esters is 1. The number of benzene rings is 2. The summed E-state index contributed by atoms with van der Waals surface area (Å²) >= 11 is 6.10. The number of rotatable bonds is 5. The second-order valence-electron chi connectivity index (χ2n) is 7.62. The lowest BCUT2D eigenvalue weighted by molar-refractivity contribution is -0.143. The zero-order valence-corrected chi connectivity index (χ0v) is 18.7. The number of ether oxygens (including phenoxy) is 1. The number of halogens is 1. The van der Waals surface area contributed by atoms with Crippen molar-refractivity contribution >= 4 is 39.4 Å². The second-order valence-corrected chi connectivity index (χ2v) is 9.96. The Hall–Kier alpha value is -2.75. The molecule has 0 unspecified atom stereocenters. The van der Waals surface area contributed by atoms with Crippen molar-refractivity contribution in [2.24, 2.45) is 0 Å². The summed E-state index contributed by atoms with van der Waals surface area (Å²) in [5.41, 5.74) is 1.89. The largest absolute Gasteiger partial charge is 0.452 e. The summed E-state index contributed by atoms with van der Waals surface area (Å²) in [4.78, 5) is 37.2. The molecule has 2 aliphatic rings. The predicted molar refractivity (Wildman–Crippen MR) is 115 cm³/mol. The first-order chi connectivity index (χ1) is 15.3. The average Bonchev–Trinajstić information content (AvgIpc) is 3.23. The van der Waals surface area contributed by atoms with E-state index in [2.05, 4.69) is 0 Å². The Labute approximate surface area is 190 Å². The minimum absolute atomic E-state index is 0.00244. The second kappa shape index (κ2) is 9.01. The fourth-order valence-electron chi connectivity index (χ4n) is 3.84. The standard InChI is InChI=1S/C22H21ClN2O6S/c23-19-8-7-17(32(29,30)24-11-9-15-4-1-2-5-16(15)13-24)12-18(19)22(28)31-14-21(27)25-10-3-6-20(25)26/h1-2,4-5,7-8,12H,3,6,9-11,13-14H2. The quantitative estimate of drug-likeness (QED) is 0.614. The topological polar surface area (TPSA) is 101 Å². The maximum atomic E-state index is 13.2. The monoisotopic (exact) mass is 476 g/mol. The molecule has 168 valence electrons. The number of imide groups is 1. The van der Waals surface area contributed by atoms with Gasteiger partial charge in [-0.1, -0.05) is 35.9 Å². The van der Waals surface area contributed by atoms with E-state index in [1.54, 1.807) is 0 Å². The van der Waals surface area contributed by atoms with Gasteiger partial charge in [0.2, 0.25) is 15.9 Å². The Balaban J connectivity index is 1.50. The van der Waals surface area contributed by atoms with Crippen LogP contribution in [0.15, 0.2) is 47.4 Å². The van der Waals surface area contributed by atoms with Crippen molar-refractivity contribution in [1.29, 1.82) is 0 Å². The molecule has 32 heavy (non-hydrogen) atoms. The van der Waals surface area contributed by atoms with Crippen molar-refractivity contribution < 1.29 is 27.5 Å². The predicted octanol–water partition coefficient (Wildman–Crippen LogP) is 2.39. The van der Waals surface area contributed by atoms with Crippen LogP contribution < -0.4 is 0 Å². The van der Waals surface area contributed by atoms with Crippen LogP contribution in [-0.4, -0.2) is 55.1 Å². The van der Waals surface area contributed by atoms with Crippen LogP contribution in [0.4, 0.5) is 0 Å². The SMILES string of the molecule is O=C(OCC(=O)N1CCCC1=O)c1cc(S(=O)(=O)N2CCc3ccccc3C2)ccc1Cl. The van der Waals surface area contributed by atoms with Gasteiger partial charge in [0.15, 0.2) is 6.61 Å². The Morgan fingerprint density at radius 3 is 2.50 bits per heavy atom. The molecule has 10 heteroatoms. The van der Waals surface area contributed by atoms with Crippen LogP contribution >= 0.6 is 11.6 Å². The minimum atomic E-state index is -3.88. The number of sulfonamides is 1. The van der Waals surface area contributed by atoms with E-state index in [1.807, 2.05) is 24.3 Å². The number of hydrogen-bond donors (Lipinski definition) is 0. The molecule has 0 spiro atoms. The lowest BCUT2D eigenvalue weighted by Gasteiger charge is -2.28. The number of fused-ring (bicyclic) bond motifs is 1. The van der Waals surface area contributed by atoms with Gasteiger partial charge in [-0.3, -0.25) is 14.5 Å². The van der Waals surface area contributed by atoms with Gasteiger partial charge in [0.05, 0.1) is 15.5 Å². The molecule has 0 N–H and O–H groups in total. The van der Waals surface area contributed by atoms with E-state index in [0.717, 1.165) is 22.1 Å². The van der Waals surface area contributed by atoms with E-state index < -0.39 is 28.5 Å². The summed E-state index contributed by atoms with van der Waals surface area (Å²) in [5.74, 6) is -1.86. The molecule has 0 radical (unpaired) electrons. The van der Waals surface area contributed by atoms with Gasteiger partial charge in [-0.2, -0.15) is 4.31 Å². The highest BCUT2D eigenvalue weighted by Gasteiger charge is 2.30. The Kier molecular flexibility index (Phi) is 6.32. The van der Waals surface area contributed by atoms with Crippen LogP contribution in [0.1, 0.15) is 34.3 Å². The third kappa shape index (κ3) is 4.41. The lowest BCUT2D eigenvalue weighted by atomic mass is 10.0. The molecule has 4 rings (SSSR count). The molecule has 2 aliphatic heterocycles. The number of carbonyl (C=O) groups is 3. The molecule has 2 aromatic rings. The van der Waals surface area contributed by atoms with Crippen LogP contribution in [0.3, 0.4) is 0 Å². The highest BCUT2D eigenvalue weighted by molar-refractivity contribution is 7.89. The van der Waals surface area contributed by atoms with Crippen molar-refractivity contribution in [2.45, 2.75) is 30.7 Å². The molecule has 0 aromatic heterocycles. The Morgan fingerprint density at radius 1 is 1.03 bits per heavy atom. The Morgan fingerprint density at radius 2 is 1.78 bits per heavy atom. The lowest BCUT2D eigenvalue weighted by Crippen LogP contribution is -2.36. The summed E-state index contributed by atoms with van der Waals surface area (Å²) in [6.07, 6.45) is 1.45. The summed E-state index contributed by atoms with van der Waals surface area (Å²) < 4.78 is 32.8. The van der Waals surface area contributed by atoms with Crippen LogP contribution in [0.2, 0.25) is 5.02 Å². The molecule has 1 fully saturated rings. The molecule has 0 aliphatic carbocycles. The van der Waals surface area contributed by atoms with Crippen molar-refractivity contribution in [3.8, 4) is 0 Å². The summed E-state index contributed by atoms with van der Waals surface area (Å²) in [5, 5.41) is 0.00244. The molecular weight excluding hydrogens is 456 g/mol. The maximum absolute atomic E-state index is 13.2. The third-order valence-corrected chi connectivity index (χ3v) is 7.76. The molecule has 0 atom stereocenters. The summed E-state index contributed by atoms with van der Waals surface area (Å²) in [6.45, 7) is 0.225. The third-order valence-electron chi connectivity index (χ3n) is 5.59.